The smallest absolute Gasteiger partial charge is 0.0449 e. The Hall–Kier alpha value is -0.940. The van der Waals surface area contributed by atoms with Crippen molar-refractivity contribution in [3.8, 4) is 0 Å². The van der Waals surface area contributed by atoms with Crippen LogP contribution in [-0.4, -0.2) is 68.2 Å². The molecule has 2 aliphatic rings. The van der Waals surface area contributed by atoms with Crippen LogP contribution in [0, 0.1) is 0 Å². The lowest BCUT2D eigenvalue weighted by Gasteiger charge is -2.41. The first kappa shape index (κ1) is 21.8. The van der Waals surface area contributed by atoms with Crippen molar-refractivity contribution >= 4 is 0 Å². The fraction of sp³-hybridized carbons (Fsp3) is 0.750. The van der Waals surface area contributed by atoms with Crippen LogP contribution < -0.4 is 10.6 Å². The van der Waals surface area contributed by atoms with E-state index in [-0.39, 0.29) is 0 Å². The average Bonchev–Trinajstić information content (AvgIpc) is 2.77. The molecule has 1 atom stereocenters. The molecule has 1 aromatic carbocycles. The summed E-state index contributed by atoms with van der Waals surface area (Å²) in [6.07, 6.45) is 9.49. The summed E-state index contributed by atoms with van der Waals surface area (Å²) in [7, 11) is 0. The van der Waals surface area contributed by atoms with E-state index in [1.165, 1.54) is 76.7 Å². The molecule has 2 fully saturated rings. The van der Waals surface area contributed by atoms with E-state index in [0.29, 0.717) is 6.04 Å². The van der Waals surface area contributed by atoms with Crippen molar-refractivity contribution in [1.29, 1.82) is 0 Å². The second kappa shape index (κ2) is 12.6. The van der Waals surface area contributed by atoms with Gasteiger partial charge in [0.05, 0.1) is 0 Å². The summed E-state index contributed by atoms with van der Waals surface area (Å²) in [5.74, 6) is 0. The summed E-state index contributed by atoms with van der Waals surface area (Å²) in [5, 5.41) is 7.38. The van der Waals surface area contributed by atoms with Crippen molar-refractivity contribution in [2.75, 3.05) is 52.4 Å². The highest BCUT2D eigenvalue weighted by atomic mass is 15.2. The van der Waals surface area contributed by atoms with Crippen LogP contribution >= 0.6 is 0 Å². The first-order valence-electron chi connectivity index (χ1n) is 11.8. The second-order valence-electron chi connectivity index (χ2n) is 8.65. The average molecular weight is 387 g/mol. The first-order valence-corrected chi connectivity index (χ1v) is 11.8. The highest BCUT2D eigenvalue weighted by Crippen LogP contribution is 2.22. The van der Waals surface area contributed by atoms with Crippen LogP contribution in [0.1, 0.15) is 63.5 Å². The molecule has 4 heteroatoms. The fourth-order valence-corrected chi connectivity index (χ4v) is 4.74. The van der Waals surface area contributed by atoms with E-state index in [4.69, 9.17) is 0 Å². The molecular weight excluding hydrogens is 344 g/mol. The molecular formula is C24H42N4. The van der Waals surface area contributed by atoms with Gasteiger partial charge in [0, 0.05) is 31.7 Å². The minimum absolute atomic E-state index is 0.431. The van der Waals surface area contributed by atoms with Crippen molar-refractivity contribution in [3.05, 3.63) is 35.9 Å². The lowest BCUT2D eigenvalue weighted by Crippen LogP contribution is -2.48. The second-order valence-corrected chi connectivity index (χ2v) is 8.65. The number of hydrogen-bond donors (Lipinski definition) is 2. The first-order chi connectivity index (χ1) is 13.9. The number of likely N-dealkylation sites (tertiary alicyclic amines) is 2. The zero-order valence-electron chi connectivity index (χ0n) is 18.0. The standard InChI is InChI=1S/C24H42N4/c1-2-3-14-25-15-16-26-24(22-10-6-4-7-11-22)21-27-19-12-23(13-20-27)28-17-8-5-9-18-28/h4,6-7,10-11,23-26H,2-3,5,8-9,12-21H2,1H3. The molecule has 2 N–H and O–H groups in total. The Kier molecular flexibility index (Phi) is 9.78. The molecule has 2 aliphatic heterocycles. The van der Waals surface area contributed by atoms with Crippen molar-refractivity contribution in [1.82, 2.24) is 20.4 Å². The fourth-order valence-electron chi connectivity index (χ4n) is 4.74. The summed E-state index contributed by atoms with van der Waals surface area (Å²) >= 11 is 0. The number of nitrogens with zero attached hydrogens (tertiary/aromatic N) is 2. The monoisotopic (exact) mass is 386 g/mol. The summed E-state index contributed by atoms with van der Waals surface area (Å²) in [6, 6.07) is 12.3. The number of benzene rings is 1. The van der Waals surface area contributed by atoms with Crippen molar-refractivity contribution < 1.29 is 0 Å². The van der Waals surface area contributed by atoms with Crippen molar-refractivity contribution in [2.24, 2.45) is 0 Å². The number of nitrogens with one attached hydrogen (secondary N) is 2. The molecule has 0 aliphatic carbocycles. The summed E-state index contributed by atoms with van der Waals surface area (Å²) in [6.45, 7) is 11.8. The van der Waals surface area contributed by atoms with Crippen LogP contribution in [0.5, 0.6) is 0 Å². The van der Waals surface area contributed by atoms with Gasteiger partial charge in [0.1, 0.15) is 0 Å². The van der Waals surface area contributed by atoms with Gasteiger partial charge < -0.3 is 20.4 Å². The van der Waals surface area contributed by atoms with E-state index < -0.39 is 0 Å². The third-order valence-electron chi connectivity index (χ3n) is 6.51. The van der Waals surface area contributed by atoms with Gasteiger partial charge in [-0.25, -0.2) is 0 Å². The molecule has 0 bridgehead atoms. The Morgan fingerprint density at radius 2 is 1.68 bits per heavy atom. The van der Waals surface area contributed by atoms with E-state index in [1.807, 2.05) is 0 Å². The highest BCUT2D eigenvalue weighted by molar-refractivity contribution is 5.19. The third kappa shape index (κ3) is 7.14. The quantitative estimate of drug-likeness (QED) is 0.568. The third-order valence-corrected chi connectivity index (χ3v) is 6.51. The van der Waals surface area contributed by atoms with Gasteiger partial charge in [0.2, 0.25) is 0 Å². The molecule has 158 valence electrons. The largest absolute Gasteiger partial charge is 0.315 e. The lowest BCUT2D eigenvalue weighted by atomic mass is 9.98. The minimum atomic E-state index is 0.431. The van der Waals surface area contributed by atoms with Gasteiger partial charge in [-0.3, -0.25) is 0 Å². The topological polar surface area (TPSA) is 30.5 Å². The maximum atomic E-state index is 3.82. The molecule has 0 saturated carbocycles. The molecule has 0 radical (unpaired) electrons. The SMILES string of the molecule is CCCCNCCNC(CN1CCC(N2CCCCC2)CC1)c1ccccc1. The van der Waals surface area contributed by atoms with Gasteiger partial charge in [-0.1, -0.05) is 50.1 Å². The summed E-state index contributed by atoms with van der Waals surface area (Å²) < 4.78 is 0. The summed E-state index contributed by atoms with van der Waals surface area (Å²) in [4.78, 5) is 5.46. The van der Waals surface area contributed by atoms with E-state index in [1.54, 1.807) is 0 Å². The Morgan fingerprint density at radius 3 is 2.39 bits per heavy atom. The molecule has 2 heterocycles. The zero-order chi connectivity index (χ0) is 19.4. The number of hydrogen-bond acceptors (Lipinski definition) is 4. The van der Waals surface area contributed by atoms with E-state index >= 15 is 0 Å². The maximum absolute atomic E-state index is 3.82. The van der Waals surface area contributed by atoms with Crippen LogP contribution in [-0.2, 0) is 0 Å². The van der Waals surface area contributed by atoms with Crippen LogP contribution in [0.3, 0.4) is 0 Å². The molecule has 0 amide bonds. The molecule has 3 rings (SSSR count). The van der Waals surface area contributed by atoms with Gasteiger partial charge >= 0.3 is 0 Å². The number of rotatable bonds is 11. The zero-order valence-corrected chi connectivity index (χ0v) is 18.0. The Labute approximate surface area is 173 Å². The molecule has 28 heavy (non-hydrogen) atoms. The minimum Gasteiger partial charge on any atom is -0.315 e. The van der Waals surface area contributed by atoms with Gasteiger partial charge in [0.25, 0.3) is 0 Å². The molecule has 1 unspecified atom stereocenters. The molecule has 1 aromatic rings. The molecule has 0 aromatic heterocycles. The van der Waals surface area contributed by atoms with E-state index in [0.717, 1.165) is 32.2 Å². The lowest BCUT2D eigenvalue weighted by molar-refractivity contribution is 0.0881. The van der Waals surface area contributed by atoms with Crippen LogP contribution in [0.15, 0.2) is 30.3 Å². The predicted octanol–water partition coefficient (Wildman–Crippen LogP) is 3.66. The van der Waals surface area contributed by atoms with Crippen LogP contribution in [0.2, 0.25) is 0 Å². The van der Waals surface area contributed by atoms with E-state index in [2.05, 4.69) is 57.7 Å². The Bertz CT molecular complexity index is 507. The highest BCUT2D eigenvalue weighted by Gasteiger charge is 2.26. The molecule has 0 spiro atoms. The number of unbranched alkanes of at least 4 members (excludes halogenated alkanes) is 1. The van der Waals surface area contributed by atoms with Crippen molar-refractivity contribution in [3.63, 3.8) is 0 Å². The maximum Gasteiger partial charge on any atom is 0.0449 e. The van der Waals surface area contributed by atoms with Crippen LogP contribution in [0.4, 0.5) is 0 Å². The van der Waals surface area contributed by atoms with Crippen molar-refractivity contribution in [2.45, 2.75) is 64.0 Å². The van der Waals surface area contributed by atoms with Gasteiger partial charge in [0.15, 0.2) is 0 Å². The van der Waals surface area contributed by atoms with Crippen LogP contribution in [0.25, 0.3) is 0 Å². The van der Waals surface area contributed by atoms with E-state index in [9.17, 15) is 0 Å². The van der Waals surface area contributed by atoms with Gasteiger partial charge in [-0.2, -0.15) is 0 Å². The number of piperidine rings is 2. The summed E-state index contributed by atoms with van der Waals surface area (Å²) in [5.41, 5.74) is 1.43. The Morgan fingerprint density at radius 1 is 0.929 bits per heavy atom. The predicted molar refractivity (Wildman–Crippen MR) is 120 cm³/mol. The normalized spacial score (nSPS) is 21.0. The molecule has 2 saturated heterocycles. The van der Waals surface area contributed by atoms with Gasteiger partial charge in [-0.15, -0.1) is 0 Å². The van der Waals surface area contributed by atoms with Gasteiger partial charge in [-0.05, 0) is 70.4 Å². The Balaban J connectivity index is 1.45. The molecule has 4 nitrogen and oxygen atoms in total.